The van der Waals surface area contributed by atoms with Gasteiger partial charge < -0.3 is 0 Å². The average molecular weight is 372 g/mol. The molecular formula is C22H37N5. The molecule has 0 aromatic rings. The van der Waals surface area contributed by atoms with E-state index in [0.717, 1.165) is 5.57 Å². The van der Waals surface area contributed by atoms with E-state index >= 15 is 0 Å². The zero-order valence-corrected chi connectivity index (χ0v) is 18.0. The smallest absolute Gasteiger partial charge is 0.0954 e. The van der Waals surface area contributed by atoms with Crippen LogP contribution in [0.15, 0.2) is 45.2 Å². The second kappa shape index (κ2) is 43.4. The third-order valence-electron chi connectivity index (χ3n) is 2.29. The Morgan fingerprint density at radius 3 is 1.04 bits per heavy atom. The second-order valence-corrected chi connectivity index (χ2v) is 4.12. The van der Waals surface area contributed by atoms with Crippen LogP contribution >= 0.6 is 0 Å². The van der Waals surface area contributed by atoms with Crippen molar-refractivity contribution in [3.8, 4) is 30.0 Å². The Kier molecular flexibility index (Phi) is 62.9. The molecule has 0 N–H and O–H groups in total. The molecule has 0 heterocycles. The maximum Gasteiger partial charge on any atom is 0.0954 e. The quantitative estimate of drug-likeness (QED) is 0.203. The molecule has 0 unspecified atom stereocenters. The number of hydrogen-bond donors (Lipinski definition) is 0. The molecule has 0 bridgehead atoms. The predicted molar refractivity (Wildman–Crippen MR) is 118 cm³/mol. The summed E-state index contributed by atoms with van der Waals surface area (Å²) in [7, 11) is 3.28. The van der Waals surface area contributed by atoms with Crippen LogP contribution < -0.4 is 0 Å². The number of rotatable bonds is 0. The molecule has 0 aromatic carbocycles. The van der Waals surface area contributed by atoms with Crippen molar-refractivity contribution in [2.45, 2.75) is 62.8 Å². The Bertz CT molecular complexity index is 558. The number of azo groups is 1. The van der Waals surface area contributed by atoms with Gasteiger partial charge in [-0.05, 0) is 55.4 Å². The van der Waals surface area contributed by atoms with Gasteiger partial charge in [0, 0.05) is 30.8 Å². The van der Waals surface area contributed by atoms with E-state index in [4.69, 9.17) is 15.8 Å². The minimum atomic E-state index is 0. The summed E-state index contributed by atoms with van der Waals surface area (Å²) in [6, 6.07) is 5.72. The summed E-state index contributed by atoms with van der Waals surface area (Å²) < 4.78 is 0. The number of allylic oxidation sites excluding steroid dienone is 6. The molecule has 27 heavy (non-hydrogen) atoms. The lowest BCUT2D eigenvalue weighted by atomic mass is 10.2. The Balaban J connectivity index is -0.0000000524. The lowest BCUT2D eigenvalue weighted by molar-refractivity contribution is 1.11. The first kappa shape index (κ1) is 39.1. The third-order valence-corrected chi connectivity index (χ3v) is 2.29. The maximum absolute atomic E-state index is 8.18. The van der Waals surface area contributed by atoms with Gasteiger partial charge in [0.15, 0.2) is 0 Å². The molecule has 0 aliphatic rings. The first-order valence-electron chi connectivity index (χ1n) is 7.87. The first-order valence-corrected chi connectivity index (χ1v) is 7.87. The van der Waals surface area contributed by atoms with Crippen molar-refractivity contribution in [2.24, 2.45) is 10.2 Å². The summed E-state index contributed by atoms with van der Waals surface area (Å²) in [5, 5.41) is 31.1. The molecule has 0 radical (unpaired) electrons. The van der Waals surface area contributed by atoms with Gasteiger partial charge in [0.2, 0.25) is 0 Å². The monoisotopic (exact) mass is 371 g/mol. The van der Waals surface area contributed by atoms with Crippen molar-refractivity contribution in [3.63, 3.8) is 0 Å². The molecule has 150 valence electrons. The van der Waals surface area contributed by atoms with Crippen molar-refractivity contribution in [3.05, 3.63) is 34.9 Å². The fraction of sp³-hybridized carbons (Fsp3) is 0.500. The van der Waals surface area contributed by atoms with Crippen molar-refractivity contribution in [2.75, 3.05) is 14.1 Å². The van der Waals surface area contributed by atoms with Gasteiger partial charge in [-0.1, -0.05) is 25.7 Å². The van der Waals surface area contributed by atoms with E-state index in [2.05, 4.69) is 22.1 Å². The van der Waals surface area contributed by atoms with Crippen molar-refractivity contribution >= 4 is 0 Å². The molecule has 5 heteroatoms. The van der Waals surface area contributed by atoms with Crippen LogP contribution in [0.2, 0.25) is 0 Å². The van der Waals surface area contributed by atoms with Crippen molar-refractivity contribution in [1.29, 1.82) is 15.8 Å². The minimum absolute atomic E-state index is 0. The molecular weight excluding hydrogens is 334 g/mol. The van der Waals surface area contributed by atoms with E-state index in [1.54, 1.807) is 40.9 Å². The molecule has 0 spiro atoms. The van der Waals surface area contributed by atoms with Gasteiger partial charge in [-0.3, -0.25) is 0 Å². The average Bonchev–Trinajstić information content (AvgIpc) is 2.72. The topological polar surface area (TPSA) is 96.1 Å². The van der Waals surface area contributed by atoms with Gasteiger partial charge in [0.1, 0.15) is 0 Å². The van der Waals surface area contributed by atoms with Gasteiger partial charge in [-0.25, -0.2) is 0 Å². The highest BCUT2D eigenvalue weighted by atomic mass is 15.0. The second-order valence-electron chi connectivity index (χ2n) is 4.12. The van der Waals surface area contributed by atoms with Gasteiger partial charge in [0.05, 0.1) is 18.2 Å². The molecule has 0 fully saturated rings. The van der Waals surface area contributed by atoms with Crippen LogP contribution in [-0.2, 0) is 0 Å². The highest BCUT2D eigenvalue weighted by molar-refractivity contribution is 5.32. The summed E-state index contributed by atoms with van der Waals surface area (Å²) in [6.45, 7) is 14.5. The lowest BCUT2D eigenvalue weighted by Gasteiger charge is -1.81. The van der Waals surface area contributed by atoms with Crippen molar-refractivity contribution < 1.29 is 0 Å². The van der Waals surface area contributed by atoms with E-state index < -0.39 is 0 Å². The minimum Gasteiger partial charge on any atom is -0.198 e. The number of hydrogen-bond acceptors (Lipinski definition) is 5. The molecule has 0 amide bonds. The zero-order valence-electron chi connectivity index (χ0n) is 18.0. The summed E-state index contributed by atoms with van der Waals surface area (Å²) in [6.07, 6.45) is 5.78. The predicted octanol–water partition coefficient (Wildman–Crippen LogP) is 6.79. The fourth-order valence-corrected chi connectivity index (χ4v) is 0.232. The molecule has 0 aromatic heterocycles. The van der Waals surface area contributed by atoms with E-state index in [1.165, 1.54) is 0 Å². The number of nitriles is 3. The Morgan fingerprint density at radius 2 is 1.00 bits per heavy atom. The van der Waals surface area contributed by atoms with E-state index in [9.17, 15) is 0 Å². The van der Waals surface area contributed by atoms with Crippen molar-refractivity contribution in [1.82, 2.24) is 0 Å². The Labute approximate surface area is 168 Å². The molecule has 0 aliphatic carbocycles. The van der Waals surface area contributed by atoms with Crippen LogP contribution in [0.3, 0.4) is 0 Å². The molecule has 0 saturated heterocycles. The normalized spacial score (nSPS) is 8.93. The Hall–Kier alpha value is -3.15. The highest BCUT2D eigenvalue weighted by Crippen LogP contribution is 1.97. The summed E-state index contributed by atoms with van der Waals surface area (Å²) in [4.78, 5) is 0. The van der Waals surface area contributed by atoms with Crippen LogP contribution in [0.1, 0.15) is 62.8 Å². The molecule has 0 atom stereocenters. The molecule has 5 nitrogen and oxygen atoms in total. The SMILES string of the molecule is C.C/C(C#N)=C(/C)C#N.C/C=C(/C)C#N.C/C=C/C.CC#CC.CN=NC. The molecule has 0 aliphatic heterocycles. The first-order chi connectivity index (χ1) is 12.3. The fourth-order valence-electron chi connectivity index (χ4n) is 0.232. The van der Waals surface area contributed by atoms with Crippen LogP contribution in [0.5, 0.6) is 0 Å². The van der Waals surface area contributed by atoms with Gasteiger partial charge in [-0.2, -0.15) is 26.0 Å². The third kappa shape index (κ3) is 70.7. The van der Waals surface area contributed by atoms with Gasteiger partial charge in [0.25, 0.3) is 0 Å². The lowest BCUT2D eigenvalue weighted by Crippen LogP contribution is -1.73. The maximum atomic E-state index is 8.18. The van der Waals surface area contributed by atoms with Gasteiger partial charge >= 0.3 is 0 Å². The highest BCUT2D eigenvalue weighted by Gasteiger charge is 1.89. The standard InChI is InChI=1S/C6H6N2.C5H7N.C4H8.C4H6.C2H6N2.CH4/c1-5(3-7)6(2)4-8;1-3-5(2)4-6;3*1-3-4-2;/h1-2H3;3H,1-2H3;3-4H,1-2H3;2*1-2H3;1H4/b6-5+;5-3-;4-3+;;;. The van der Waals surface area contributed by atoms with E-state index in [-0.39, 0.29) is 7.43 Å². The molecule has 0 saturated carbocycles. The van der Waals surface area contributed by atoms with Crippen LogP contribution in [0, 0.1) is 45.8 Å². The van der Waals surface area contributed by atoms with Crippen LogP contribution in [0.25, 0.3) is 0 Å². The van der Waals surface area contributed by atoms with E-state index in [1.807, 2.05) is 65.0 Å². The molecule has 0 rings (SSSR count). The van der Waals surface area contributed by atoms with Crippen LogP contribution in [-0.4, -0.2) is 14.1 Å². The Morgan fingerprint density at radius 1 is 0.704 bits per heavy atom. The summed E-state index contributed by atoms with van der Waals surface area (Å²) >= 11 is 0. The number of nitrogens with zero attached hydrogens (tertiary/aromatic N) is 5. The van der Waals surface area contributed by atoms with Gasteiger partial charge in [-0.15, -0.1) is 11.8 Å². The van der Waals surface area contributed by atoms with E-state index in [0.29, 0.717) is 11.1 Å². The largest absolute Gasteiger partial charge is 0.198 e. The summed E-state index contributed by atoms with van der Waals surface area (Å²) in [5.74, 6) is 5.36. The zero-order chi connectivity index (χ0) is 21.8. The summed E-state index contributed by atoms with van der Waals surface area (Å²) in [5.41, 5.74) is 1.76. The van der Waals surface area contributed by atoms with Crippen LogP contribution in [0.4, 0.5) is 0 Å².